The highest BCUT2D eigenvalue weighted by atomic mass is 35.5. The van der Waals surface area contributed by atoms with E-state index < -0.39 is 10.0 Å². The monoisotopic (exact) mass is 403 g/mol. The van der Waals surface area contributed by atoms with Crippen molar-refractivity contribution >= 4 is 28.3 Å². The summed E-state index contributed by atoms with van der Waals surface area (Å²) in [6, 6.07) is 6.17. The molecule has 8 heteroatoms. The van der Waals surface area contributed by atoms with Crippen molar-refractivity contribution in [3.63, 3.8) is 0 Å². The Kier molecular flexibility index (Phi) is 9.57. The standard InChI is InChI=1S/C18H29N3O3S.ClH/c1-3-21(4-2)25(23,24)17-9-7-16(8-10-17)18(22)20-13-11-15-6-5-12-19-14-15;/h7-10,15,19H,3-6,11-14H2,1-2H3,(H,20,22);1H. The number of nitrogens with zero attached hydrogens (tertiary/aromatic N) is 1. The fraction of sp³-hybridized carbons (Fsp3) is 0.611. The molecule has 1 aliphatic rings. The summed E-state index contributed by atoms with van der Waals surface area (Å²) < 4.78 is 26.3. The lowest BCUT2D eigenvalue weighted by Gasteiger charge is -2.22. The van der Waals surface area contributed by atoms with E-state index >= 15 is 0 Å². The molecule has 2 N–H and O–H groups in total. The van der Waals surface area contributed by atoms with Crippen molar-refractivity contribution in [2.45, 2.75) is 38.0 Å². The van der Waals surface area contributed by atoms with E-state index in [1.165, 1.54) is 29.3 Å². The average molecular weight is 404 g/mol. The zero-order valence-electron chi connectivity index (χ0n) is 15.5. The Balaban J connectivity index is 0.00000338. The molecule has 26 heavy (non-hydrogen) atoms. The van der Waals surface area contributed by atoms with Crippen molar-refractivity contribution in [2.24, 2.45) is 5.92 Å². The van der Waals surface area contributed by atoms with Gasteiger partial charge in [0.05, 0.1) is 4.90 Å². The van der Waals surface area contributed by atoms with E-state index in [0.717, 1.165) is 19.5 Å². The molecule has 6 nitrogen and oxygen atoms in total. The van der Waals surface area contributed by atoms with Crippen molar-refractivity contribution in [3.05, 3.63) is 29.8 Å². The van der Waals surface area contributed by atoms with Crippen LogP contribution in [0.3, 0.4) is 0 Å². The summed E-state index contributed by atoms with van der Waals surface area (Å²) in [5.74, 6) is 0.464. The van der Waals surface area contributed by atoms with Gasteiger partial charge in [-0.1, -0.05) is 13.8 Å². The first kappa shape index (κ1) is 22.9. The van der Waals surface area contributed by atoms with Gasteiger partial charge in [0, 0.05) is 25.2 Å². The molecule has 0 saturated carbocycles. The van der Waals surface area contributed by atoms with Gasteiger partial charge in [0.2, 0.25) is 10.0 Å². The predicted octanol–water partition coefficient (Wildman–Crippen LogP) is 2.26. The predicted molar refractivity (Wildman–Crippen MR) is 106 cm³/mol. The maximum atomic E-state index is 12.4. The van der Waals surface area contributed by atoms with Gasteiger partial charge in [-0.15, -0.1) is 12.4 Å². The molecule has 0 spiro atoms. The molecule has 148 valence electrons. The van der Waals surface area contributed by atoms with Crippen molar-refractivity contribution in [1.82, 2.24) is 14.9 Å². The maximum Gasteiger partial charge on any atom is 0.251 e. The van der Waals surface area contributed by atoms with E-state index in [1.54, 1.807) is 12.1 Å². The fourth-order valence-electron chi connectivity index (χ4n) is 3.15. The van der Waals surface area contributed by atoms with Crippen LogP contribution in [0.25, 0.3) is 0 Å². The maximum absolute atomic E-state index is 12.4. The van der Waals surface area contributed by atoms with E-state index in [0.29, 0.717) is 31.1 Å². The van der Waals surface area contributed by atoms with Crippen molar-refractivity contribution < 1.29 is 13.2 Å². The van der Waals surface area contributed by atoms with E-state index in [2.05, 4.69) is 10.6 Å². The first-order valence-electron chi connectivity index (χ1n) is 9.08. The Hall–Kier alpha value is -1.15. The number of sulfonamides is 1. The first-order chi connectivity index (χ1) is 12.0. The van der Waals surface area contributed by atoms with Crippen LogP contribution in [-0.4, -0.2) is 51.4 Å². The molecule has 0 aliphatic carbocycles. The number of hydrogen-bond acceptors (Lipinski definition) is 4. The van der Waals surface area contributed by atoms with Crippen LogP contribution < -0.4 is 10.6 Å². The summed E-state index contributed by atoms with van der Waals surface area (Å²) in [5, 5.41) is 6.29. The minimum absolute atomic E-state index is 0. The van der Waals surface area contributed by atoms with E-state index in [-0.39, 0.29) is 23.2 Å². The van der Waals surface area contributed by atoms with Crippen LogP contribution in [0.15, 0.2) is 29.2 Å². The van der Waals surface area contributed by atoms with Gasteiger partial charge in [-0.2, -0.15) is 4.31 Å². The van der Waals surface area contributed by atoms with Crippen LogP contribution in [0.1, 0.15) is 43.5 Å². The molecule has 1 aromatic carbocycles. The summed E-state index contributed by atoms with van der Waals surface area (Å²) >= 11 is 0. The Morgan fingerprint density at radius 3 is 2.42 bits per heavy atom. The van der Waals surface area contributed by atoms with Gasteiger partial charge >= 0.3 is 0 Å². The minimum atomic E-state index is -3.48. The molecule has 1 amide bonds. The molecule has 0 aromatic heterocycles. The van der Waals surface area contributed by atoms with Gasteiger partial charge in [0.1, 0.15) is 0 Å². The highest BCUT2D eigenvalue weighted by molar-refractivity contribution is 7.89. The van der Waals surface area contributed by atoms with Crippen LogP contribution in [0.4, 0.5) is 0 Å². The number of hydrogen-bond donors (Lipinski definition) is 2. The number of piperidine rings is 1. The van der Waals surface area contributed by atoms with Gasteiger partial charge in [-0.25, -0.2) is 8.42 Å². The SMILES string of the molecule is CCN(CC)S(=O)(=O)c1ccc(C(=O)NCCC2CCCNC2)cc1.Cl. The van der Waals surface area contributed by atoms with E-state index in [1.807, 2.05) is 13.8 Å². The smallest absolute Gasteiger partial charge is 0.251 e. The third-order valence-electron chi connectivity index (χ3n) is 4.70. The van der Waals surface area contributed by atoms with Gasteiger partial charge < -0.3 is 10.6 Å². The molecule has 0 bridgehead atoms. The van der Waals surface area contributed by atoms with Gasteiger partial charge in [0.15, 0.2) is 0 Å². The quantitative estimate of drug-likeness (QED) is 0.697. The van der Waals surface area contributed by atoms with Crippen LogP contribution in [0.2, 0.25) is 0 Å². The van der Waals surface area contributed by atoms with Gasteiger partial charge in [-0.3, -0.25) is 4.79 Å². The Labute approximate surface area is 163 Å². The summed E-state index contributed by atoms with van der Waals surface area (Å²) in [6.07, 6.45) is 3.37. The summed E-state index contributed by atoms with van der Waals surface area (Å²) in [5.41, 5.74) is 0.486. The highest BCUT2D eigenvalue weighted by Gasteiger charge is 2.21. The summed E-state index contributed by atoms with van der Waals surface area (Å²) in [4.78, 5) is 12.4. The number of carbonyl (C=O) groups excluding carboxylic acids is 1. The number of carbonyl (C=O) groups is 1. The number of amides is 1. The number of nitrogens with one attached hydrogen (secondary N) is 2. The molecule has 0 radical (unpaired) electrons. The van der Waals surface area contributed by atoms with Crippen molar-refractivity contribution in [2.75, 3.05) is 32.7 Å². The third kappa shape index (κ3) is 5.94. The van der Waals surface area contributed by atoms with Gasteiger partial charge in [0.25, 0.3) is 5.91 Å². The lowest BCUT2D eigenvalue weighted by molar-refractivity contribution is 0.0950. The van der Waals surface area contributed by atoms with E-state index in [9.17, 15) is 13.2 Å². The van der Waals surface area contributed by atoms with E-state index in [4.69, 9.17) is 0 Å². The molecule has 1 aliphatic heterocycles. The Morgan fingerprint density at radius 2 is 1.88 bits per heavy atom. The second-order valence-electron chi connectivity index (χ2n) is 6.37. The average Bonchev–Trinajstić information content (AvgIpc) is 2.63. The van der Waals surface area contributed by atoms with Crippen molar-refractivity contribution in [1.29, 1.82) is 0 Å². The van der Waals surface area contributed by atoms with Crippen LogP contribution in [0.5, 0.6) is 0 Å². The molecule has 1 atom stereocenters. The zero-order valence-corrected chi connectivity index (χ0v) is 17.2. The second-order valence-corrected chi connectivity index (χ2v) is 8.31. The molecular weight excluding hydrogens is 374 g/mol. The molecule has 1 unspecified atom stereocenters. The van der Waals surface area contributed by atoms with Crippen molar-refractivity contribution in [3.8, 4) is 0 Å². The fourth-order valence-corrected chi connectivity index (χ4v) is 4.61. The zero-order chi connectivity index (χ0) is 18.3. The van der Waals surface area contributed by atoms with Crippen LogP contribution >= 0.6 is 12.4 Å². The number of halogens is 1. The topological polar surface area (TPSA) is 78.5 Å². The largest absolute Gasteiger partial charge is 0.352 e. The minimum Gasteiger partial charge on any atom is -0.352 e. The molecular formula is C18H30ClN3O3S. The number of rotatable bonds is 8. The lowest BCUT2D eigenvalue weighted by Crippen LogP contribution is -2.33. The molecule has 1 fully saturated rings. The lowest BCUT2D eigenvalue weighted by atomic mass is 9.96. The third-order valence-corrected chi connectivity index (χ3v) is 6.76. The first-order valence-corrected chi connectivity index (χ1v) is 10.5. The molecule has 1 saturated heterocycles. The normalized spacial score (nSPS) is 17.6. The summed E-state index contributed by atoms with van der Waals surface area (Å²) in [7, 11) is -3.48. The van der Waals surface area contributed by atoms with Crippen LogP contribution in [0, 0.1) is 5.92 Å². The molecule has 1 heterocycles. The number of benzene rings is 1. The Bertz CT molecular complexity index is 655. The summed E-state index contributed by atoms with van der Waals surface area (Å²) in [6.45, 7) is 7.23. The molecule has 2 rings (SSSR count). The second kappa shape index (κ2) is 10.9. The van der Waals surface area contributed by atoms with Gasteiger partial charge in [-0.05, 0) is 62.5 Å². The van der Waals surface area contributed by atoms with Crippen LogP contribution in [-0.2, 0) is 10.0 Å². The highest BCUT2D eigenvalue weighted by Crippen LogP contribution is 2.16. The molecule has 1 aromatic rings. The Morgan fingerprint density at radius 1 is 1.23 bits per heavy atom.